The Bertz CT molecular complexity index is 782. The lowest BCUT2D eigenvalue weighted by Crippen LogP contribution is -2.19. The molecule has 0 unspecified atom stereocenters. The number of carbonyl (C=O) groups excluding carboxylic acids is 2. The highest BCUT2D eigenvalue weighted by Gasteiger charge is 2.08. The van der Waals surface area contributed by atoms with E-state index in [0.717, 1.165) is 5.69 Å². The minimum absolute atomic E-state index is 0.333. The average Bonchev–Trinajstić information content (AvgIpc) is 2.70. The van der Waals surface area contributed by atoms with E-state index in [-0.39, 0.29) is 5.91 Å². The Kier molecular flexibility index (Phi) is 5.02. The normalized spacial score (nSPS) is 10.7. The Balaban J connectivity index is 2.07. The van der Waals surface area contributed by atoms with Gasteiger partial charge < -0.3 is 16.4 Å². The van der Waals surface area contributed by atoms with Gasteiger partial charge in [0.05, 0.1) is 5.69 Å². The number of halogens is 1. The highest BCUT2D eigenvalue weighted by molar-refractivity contribution is 6.31. The number of aryl methyl sites for hydroxylation is 2. The molecule has 2 rings (SSSR count). The van der Waals surface area contributed by atoms with Gasteiger partial charge in [0.15, 0.2) is 0 Å². The van der Waals surface area contributed by atoms with Crippen molar-refractivity contribution >= 4 is 41.0 Å². The van der Waals surface area contributed by atoms with Crippen LogP contribution in [0.25, 0.3) is 6.08 Å². The lowest BCUT2D eigenvalue weighted by Gasteiger charge is -2.05. The molecule has 0 bridgehead atoms. The zero-order valence-electron chi connectivity index (χ0n) is 12.6. The van der Waals surface area contributed by atoms with Gasteiger partial charge in [0.2, 0.25) is 5.91 Å². The molecule has 1 heterocycles. The number of urea groups is 1. The van der Waals surface area contributed by atoms with Gasteiger partial charge in [-0.1, -0.05) is 17.7 Å². The summed E-state index contributed by atoms with van der Waals surface area (Å²) >= 11 is 6.09. The van der Waals surface area contributed by atoms with E-state index in [4.69, 9.17) is 17.3 Å². The highest BCUT2D eigenvalue weighted by atomic mass is 35.5. The largest absolute Gasteiger partial charge is 0.351 e. The summed E-state index contributed by atoms with van der Waals surface area (Å²) in [4.78, 5) is 22.8. The number of carbonyl (C=O) groups is 2. The van der Waals surface area contributed by atoms with Crippen LogP contribution in [0.4, 0.5) is 16.2 Å². The van der Waals surface area contributed by atoms with Crippen LogP contribution >= 0.6 is 11.6 Å². The molecule has 1 aromatic carbocycles. The fourth-order valence-electron chi connectivity index (χ4n) is 2.00. The molecule has 0 radical (unpaired) electrons. The predicted octanol–water partition coefficient (Wildman–Crippen LogP) is 2.52. The molecule has 0 saturated heterocycles. The van der Waals surface area contributed by atoms with Crippen molar-refractivity contribution < 1.29 is 9.59 Å². The Morgan fingerprint density at radius 3 is 2.52 bits per heavy atom. The minimum atomic E-state index is -0.671. The molecule has 0 fully saturated rings. The molecule has 0 saturated carbocycles. The molecule has 7 nitrogen and oxygen atoms in total. The first-order valence-corrected chi connectivity index (χ1v) is 7.09. The molecule has 0 spiro atoms. The molecular formula is C15H16ClN5O2. The number of hydrogen-bond donors (Lipinski definition) is 3. The van der Waals surface area contributed by atoms with E-state index in [1.807, 2.05) is 6.92 Å². The average molecular weight is 334 g/mol. The van der Waals surface area contributed by atoms with Crippen LogP contribution in [-0.2, 0) is 11.8 Å². The highest BCUT2D eigenvalue weighted by Crippen LogP contribution is 2.20. The van der Waals surface area contributed by atoms with Crippen LogP contribution in [0.5, 0.6) is 0 Å². The second kappa shape index (κ2) is 6.97. The summed E-state index contributed by atoms with van der Waals surface area (Å²) < 4.78 is 1.54. The van der Waals surface area contributed by atoms with Crippen molar-refractivity contribution in [1.29, 1.82) is 0 Å². The summed E-state index contributed by atoms with van der Waals surface area (Å²) in [6, 6.07) is 5.97. The lowest BCUT2D eigenvalue weighted by molar-refractivity contribution is -0.111. The molecule has 0 atom stereocenters. The number of amides is 3. The van der Waals surface area contributed by atoms with E-state index in [1.165, 1.54) is 10.8 Å². The summed E-state index contributed by atoms with van der Waals surface area (Å²) in [5.41, 5.74) is 7.49. The van der Waals surface area contributed by atoms with Crippen molar-refractivity contribution in [1.82, 2.24) is 9.78 Å². The lowest BCUT2D eigenvalue weighted by atomic mass is 10.2. The third kappa shape index (κ3) is 4.33. The van der Waals surface area contributed by atoms with Gasteiger partial charge in [-0.3, -0.25) is 9.48 Å². The SMILES string of the molecule is Cc1nn(C)c(Cl)c1/C=C/C(=O)Nc1cccc(NC(N)=O)c1. The molecule has 4 N–H and O–H groups in total. The van der Waals surface area contributed by atoms with E-state index >= 15 is 0 Å². The third-order valence-electron chi connectivity index (χ3n) is 3.00. The van der Waals surface area contributed by atoms with Gasteiger partial charge in [0.1, 0.15) is 5.15 Å². The Hall–Kier alpha value is -2.80. The Morgan fingerprint density at radius 2 is 1.96 bits per heavy atom. The number of hydrogen-bond acceptors (Lipinski definition) is 3. The smallest absolute Gasteiger partial charge is 0.316 e. The van der Waals surface area contributed by atoms with Gasteiger partial charge in [-0.25, -0.2) is 4.79 Å². The van der Waals surface area contributed by atoms with Gasteiger partial charge in [-0.05, 0) is 31.2 Å². The van der Waals surface area contributed by atoms with Crippen molar-refractivity contribution in [3.63, 3.8) is 0 Å². The minimum Gasteiger partial charge on any atom is -0.351 e. The van der Waals surface area contributed by atoms with Crippen molar-refractivity contribution in [2.75, 3.05) is 10.6 Å². The van der Waals surface area contributed by atoms with E-state index in [1.54, 1.807) is 37.4 Å². The maximum absolute atomic E-state index is 12.0. The van der Waals surface area contributed by atoms with Gasteiger partial charge >= 0.3 is 6.03 Å². The van der Waals surface area contributed by atoms with E-state index in [0.29, 0.717) is 22.1 Å². The number of primary amides is 1. The van der Waals surface area contributed by atoms with Crippen LogP contribution in [0, 0.1) is 6.92 Å². The van der Waals surface area contributed by atoms with Gasteiger partial charge in [0, 0.05) is 30.1 Å². The molecular weight excluding hydrogens is 318 g/mol. The van der Waals surface area contributed by atoms with Gasteiger partial charge in [-0.15, -0.1) is 0 Å². The summed E-state index contributed by atoms with van der Waals surface area (Å²) in [5.74, 6) is -0.333. The van der Waals surface area contributed by atoms with Crippen molar-refractivity contribution in [3.8, 4) is 0 Å². The predicted molar refractivity (Wildman–Crippen MR) is 90.3 cm³/mol. The summed E-state index contributed by atoms with van der Waals surface area (Å²) in [6.45, 7) is 1.81. The molecule has 0 aliphatic carbocycles. The van der Waals surface area contributed by atoms with Crippen molar-refractivity contribution in [2.24, 2.45) is 12.8 Å². The number of anilines is 2. The van der Waals surface area contributed by atoms with E-state index in [2.05, 4.69) is 15.7 Å². The Labute approximate surface area is 138 Å². The van der Waals surface area contributed by atoms with Crippen molar-refractivity contribution in [3.05, 3.63) is 46.8 Å². The van der Waals surface area contributed by atoms with Crippen LogP contribution in [0.2, 0.25) is 5.15 Å². The second-order valence-corrected chi connectivity index (χ2v) is 5.16. The van der Waals surface area contributed by atoms with Crippen LogP contribution in [0.15, 0.2) is 30.3 Å². The van der Waals surface area contributed by atoms with Crippen molar-refractivity contribution in [2.45, 2.75) is 6.92 Å². The second-order valence-electron chi connectivity index (χ2n) is 4.81. The number of nitrogens with zero attached hydrogens (tertiary/aromatic N) is 2. The van der Waals surface area contributed by atoms with Crippen LogP contribution in [-0.4, -0.2) is 21.7 Å². The maximum atomic E-state index is 12.0. The number of aromatic nitrogens is 2. The molecule has 0 aliphatic rings. The van der Waals surface area contributed by atoms with Gasteiger partial charge in [0.25, 0.3) is 0 Å². The fraction of sp³-hybridized carbons (Fsp3) is 0.133. The topological polar surface area (TPSA) is 102 Å². The molecule has 2 aromatic rings. The van der Waals surface area contributed by atoms with E-state index < -0.39 is 6.03 Å². The number of nitrogens with one attached hydrogen (secondary N) is 2. The summed E-state index contributed by atoms with van der Waals surface area (Å²) in [5, 5.41) is 9.74. The summed E-state index contributed by atoms with van der Waals surface area (Å²) in [6.07, 6.45) is 2.97. The molecule has 0 aliphatic heterocycles. The van der Waals surface area contributed by atoms with Crippen LogP contribution in [0.1, 0.15) is 11.3 Å². The zero-order valence-corrected chi connectivity index (χ0v) is 13.4. The monoisotopic (exact) mass is 333 g/mol. The molecule has 8 heteroatoms. The standard InChI is InChI=1S/C15H16ClN5O2/c1-9-12(14(16)21(2)20-9)6-7-13(22)18-10-4-3-5-11(8-10)19-15(17)23/h3-8H,1-2H3,(H,18,22)(H3,17,19,23)/b7-6+. The first-order valence-electron chi connectivity index (χ1n) is 6.71. The maximum Gasteiger partial charge on any atom is 0.316 e. The molecule has 23 heavy (non-hydrogen) atoms. The quantitative estimate of drug-likeness (QED) is 0.749. The number of rotatable bonds is 4. The fourth-order valence-corrected chi connectivity index (χ4v) is 2.23. The number of nitrogens with two attached hydrogens (primary N) is 1. The zero-order chi connectivity index (χ0) is 17.0. The number of benzene rings is 1. The molecule has 120 valence electrons. The Morgan fingerprint density at radius 1 is 1.30 bits per heavy atom. The van der Waals surface area contributed by atoms with Gasteiger partial charge in [-0.2, -0.15) is 5.10 Å². The first kappa shape index (κ1) is 16.6. The van der Waals surface area contributed by atoms with Crippen LogP contribution < -0.4 is 16.4 Å². The third-order valence-corrected chi connectivity index (χ3v) is 3.44. The molecule has 1 aromatic heterocycles. The molecule has 3 amide bonds. The first-order chi connectivity index (χ1) is 10.9. The van der Waals surface area contributed by atoms with E-state index in [9.17, 15) is 9.59 Å². The van der Waals surface area contributed by atoms with Crippen LogP contribution in [0.3, 0.4) is 0 Å². The summed E-state index contributed by atoms with van der Waals surface area (Å²) in [7, 11) is 1.73.